The predicted octanol–water partition coefficient (Wildman–Crippen LogP) is 2.09. The van der Waals surface area contributed by atoms with Crippen molar-refractivity contribution in [3.8, 4) is 5.88 Å². The number of nitrogens with zero attached hydrogens (tertiary/aromatic N) is 1. The van der Waals surface area contributed by atoms with Crippen molar-refractivity contribution < 1.29 is 24.2 Å². The molecule has 0 saturated heterocycles. The van der Waals surface area contributed by atoms with Gasteiger partial charge in [0.1, 0.15) is 6.61 Å². The van der Waals surface area contributed by atoms with Gasteiger partial charge in [-0.05, 0) is 25.0 Å². The predicted molar refractivity (Wildman–Crippen MR) is 100.0 cm³/mol. The molecule has 0 fully saturated rings. The lowest BCUT2D eigenvalue weighted by Gasteiger charge is -2.14. The van der Waals surface area contributed by atoms with E-state index in [9.17, 15) is 14.7 Å². The Labute approximate surface area is 158 Å². The molecule has 144 valence electrons. The first kappa shape index (κ1) is 20.4. The average Bonchev–Trinajstić information content (AvgIpc) is 2.65. The van der Waals surface area contributed by atoms with Crippen LogP contribution in [0.1, 0.15) is 21.5 Å². The van der Waals surface area contributed by atoms with E-state index >= 15 is 0 Å². The van der Waals surface area contributed by atoms with Crippen molar-refractivity contribution >= 4 is 11.9 Å². The van der Waals surface area contributed by atoms with Gasteiger partial charge in [0.2, 0.25) is 5.88 Å². The van der Waals surface area contributed by atoms with Gasteiger partial charge in [-0.25, -0.2) is 4.98 Å². The number of carbonyl (C=O) groups is 2. The first-order valence-electron chi connectivity index (χ1n) is 8.64. The molecule has 0 saturated carbocycles. The molecule has 7 heteroatoms. The summed E-state index contributed by atoms with van der Waals surface area (Å²) in [6, 6.07) is 10.7. The smallest absolute Gasteiger partial charge is 0.308 e. The van der Waals surface area contributed by atoms with Gasteiger partial charge in [0.05, 0.1) is 12.5 Å². The van der Waals surface area contributed by atoms with E-state index in [0.717, 1.165) is 11.1 Å². The fraction of sp³-hybridized carbons (Fsp3) is 0.350. The third-order valence-corrected chi connectivity index (χ3v) is 3.96. The molecule has 0 radical (unpaired) electrons. The number of aryl methyl sites for hydroxylation is 1. The lowest BCUT2D eigenvalue weighted by molar-refractivity contribution is -0.141. The lowest BCUT2D eigenvalue weighted by Crippen LogP contribution is -2.34. The van der Waals surface area contributed by atoms with E-state index in [-0.39, 0.29) is 12.5 Å². The zero-order valence-corrected chi connectivity index (χ0v) is 15.5. The molecule has 1 unspecified atom stereocenters. The standard InChI is InChI=1S/C20H24N2O5/c1-14-4-3-5-15(10-14)11-17(20(24)25)13-22-19(23)16-6-7-21-18(12-16)27-9-8-26-2/h3-7,10,12,17H,8-9,11,13H2,1-2H3,(H,22,23)(H,24,25). The summed E-state index contributed by atoms with van der Waals surface area (Å²) in [6.07, 6.45) is 1.82. The Morgan fingerprint density at radius 1 is 1.22 bits per heavy atom. The molecule has 1 atom stereocenters. The molecule has 1 amide bonds. The molecular formula is C20H24N2O5. The van der Waals surface area contributed by atoms with Crippen molar-refractivity contribution in [3.05, 3.63) is 59.3 Å². The number of hydrogen-bond acceptors (Lipinski definition) is 5. The summed E-state index contributed by atoms with van der Waals surface area (Å²) in [5.41, 5.74) is 2.35. The highest BCUT2D eigenvalue weighted by molar-refractivity contribution is 5.94. The van der Waals surface area contributed by atoms with E-state index in [1.54, 1.807) is 13.2 Å². The molecule has 27 heavy (non-hydrogen) atoms. The fourth-order valence-corrected chi connectivity index (χ4v) is 2.55. The Morgan fingerprint density at radius 3 is 2.74 bits per heavy atom. The Balaban J connectivity index is 1.95. The number of benzene rings is 1. The van der Waals surface area contributed by atoms with Crippen molar-refractivity contribution in [1.29, 1.82) is 0 Å². The Bertz CT molecular complexity index is 778. The minimum atomic E-state index is -0.949. The van der Waals surface area contributed by atoms with Gasteiger partial charge in [0.15, 0.2) is 0 Å². The first-order valence-corrected chi connectivity index (χ1v) is 8.64. The van der Waals surface area contributed by atoms with E-state index in [1.807, 2.05) is 31.2 Å². The first-order chi connectivity index (χ1) is 13.0. The summed E-state index contributed by atoms with van der Waals surface area (Å²) < 4.78 is 10.3. The lowest BCUT2D eigenvalue weighted by atomic mass is 9.98. The van der Waals surface area contributed by atoms with E-state index < -0.39 is 11.9 Å². The fourth-order valence-electron chi connectivity index (χ4n) is 2.55. The highest BCUT2D eigenvalue weighted by Crippen LogP contribution is 2.12. The van der Waals surface area contributed by atoms with Crippen LogP contribution in [0.25, 0.3) is 0 Å². The van der Waals surface area contributed by atoms with Crippen LogP contribution >= 0.6 is 0 Å². The summed E-state index contributed by atoms with van der Waals surface area (Å²) in [7, 11) is 1.57. The van der Waals surface area contributed by atoms with Crippen LogP contribution in [0.4, 0.5) is 0 Å². The zero-order valence-electron chi connectivity index (χ0n) is 15.5. The number of carboxylic acid groups (broad SMARTS) is 1. The highest BCUT2D eigenvalue weighted by Gasteiger charge is 2.19. The number of methoxy groups -OCH3 is 1. The third kappa shape index (κ3) is 6.71. The number of pyridine rings is 1. The topological polar surface area (TPSA) is 97.8 Å². The summed E-state index contributed by atoms with van der Waals surface area (Å²) in [5, 5.41) is 12.1. The van der Waals surface area contributed by atoms with Crippen LogP contribution < -0.4 is 10.1 Å². The molecule has 1 aromatic heterocycles. The maximum atomic E-state index is 12.3. The van der Waals surface area contributed by atoms with Gasteiger partial charge < -0.3 is 19.9 Å². The Morgan fingerprint density at radius 2 is 2.04 bits per heavy atom. The normalized spacial score (nSPS) is 11.6. The number of aliphatic carboxylic acids is 1. The summed E-state index contributed by atoms with van der Waals surface area (Å²) in [5.74, 6) is -1.72. The van der Waals surface area contributed by atoms with Crippen LogP contribution in [0.5, 0.6) is 5.88 Å². The molecule has 7 nitrogen and oxygen atoms in total. The number of hydrogen-bond donors (Lipinski definition) is 2. The van der Waals surface area contributed by atoms with Gasteiger partial charge in [-0.1, -0.05) is 29.8 Å². The van der Waals surface area contributed by atoms with Crippen LogP contribution in [-0.4, -0.2) is 48.8 Å². The summed E-state index contributed by atoms with van der Waals surface area (Å²) >= 11 is 0. The summed E-state index contributed by atoms with van der Waals surface area (Å²) in [6.45, 7) is 2.73. The summed E-state index contributed by atoms with van der Waals surface area (Å²) in [4.78, 5) is 27.9. The zero-order chi connectivity index (χ0) is 19.6. The van der Waals surface area contributed by atoms with Crippen LogP contribution in [-0.2, 0) is 16.0 Å². The van der Waals surface area contributed by atoms with Gasteiger partial charge in [-0.2, -0.15) is 0 Å². The van der Waals surface area contributed by atoms with Crippen LogP contribution in [0.3, 0.4) is 0 Å². The molecule has 2 N–H and O–H groups in total. The van der Waals surface area contributed by atoms with Crippen molar-refractivity contribution in [2.45, 2.75) is 13.3 Å². The minimum absolute atomic E-state index is 0.0320. The quantitative estimate of drug-likeness (QED) is 0.620. The van der Waals surface area contributed by atoms with Gasteiger partial charge in [-0.3, -0.25) is 9.59 Å². The molecule has 1 aromatic carbocycles. The van der Waals surface area contributed by atoms with Crippen molar-refractivity contribution in [2.75, 3.05) is 26.9 Å². The van der Waals surface area contributed by atoms with Crippen LogP contribution in [0.15, 0.2) is 42.6 Å². The monoisotopic (exact) mass is 372 g/mol. The van der Waals surface area contributed by atoms with E-state index in [4.69, 9.17) is 9.47 Å². The molecule has 0 bridgehead atoms. The van der Waals surface area contributed by atoms with Crippen LogP contribution in [0.2, 0.25) is 0 Å². The molecule has 0 spiro atoms. The van der Waals surface area contributed by atoms with Crippen molar-refractivity contribution in [2.24, 2.45) is 5.92 Å². The molecule has 0 aliphatic rings. The second kappa shape index (κ2) is 10.3. The van der Waals surface area contributed by atoms with Gasteiger partial charge >= 0.3 is 5.97 Å². The molecule has 2 rings (SSSR count). The largest absolute Gasteiger partial charge is 0.481 e. The molecule has 2 aromatic rings. The van der Waals surface area contributed by atoms with Crippen LogP contribution in [0, 0.1) is 12.8 Å². The number of carbonyl (C=O) groups excluding carboxylic acids is 1. The number of nitrogens with one attached hydrogen (secondary N) is 1. The molecular weight excluding hydrogens is 348 g/mol. The number of amides is 1. The second-order valence-electron chi connectivity index (χ2n) is 6.16. The molecule has 0 aliphatic heterocycles. The molecule has 0 aliphatic carbocycles. The van der Waals surface area contributed by atoms with E-state index in [2.05, 4.69) is 10.3 Å². The number of aromatic nitrogens is 1. The SMILES string of the molecule is COCCOc1cc(C(=O)NCC(Cc2cccc(C)c2)C(=O)O)ccn1. The highest BCUT2D eigenvalue weighted by atomic mass is 16.5. The maximum Gasteiger partial charge on any atom is 0.308 e. The van der Waals surface area contributed by atoms with E-state index in [1.165, 1.54) is 12.3 Å². The Kier molecular flexibility index (Phi) is 7.76. The second-order valence-corrected chi connectivity index (χ2v) is 6.16. The third-order valence-electron chi connectivity index (χ3n) is 3.96. The Hall–Kier alpha value is -2.93. The number of rotatable bonds is 10. The van der Waals surface area contributed by atoms with Crippen molar-refractivity contribution in [3.63, 3.8) is 0 Å². The number of carboxylic acids is 1. The maximum absolute atomic E-state index is 12.3. The minimum Gasteiger partial charge on any atom is -0.481 e. The van der Waals surface area contributed by atoms with E-state index in [0.29, 0.717) is 31.1 Å². The van der Waals surface area contributed by atoms with Gasteiger partial charge in [0, 0.05) is 31.5 Å². The van der Waals surface area contributed by atoms with Gasteiger partial charge in [0.25, 0.3) is 5.91 Å². The van der Waals surface area contributed by atoms with Crippen molar-refractivity contribution in [1.82, 2.24) is 10.3 Å². The van der Waals surface area contributed by atoms with Gasteiger partial charge in [-0.15, -0.1) is 0 Å². The molecule has 1 heterocycles. The average molecular weight is 372 g/mol. The number of ether oxygens (including phenoxy) is 2.